The van der Waals surface area contributed by atoms with Gasteiger partial charge in [0.1, 0.15) is 0 Å². The van der Waals surface area contributed by atoms with E-state index in [4.69, 9.17) is 18.0 Å². The van der Waals surface area contributed by atoms with E-state index in [2.05, 4.69) is 11.6 Å². The van der Waals surface area contributed by atoms with Gasteiger partial charge in [0.05, 0.1) is 15.4 Å². The highest BCUT2D eigenvalue weighted by Gasteiger charge is 2.28. The van der Waals surface area contributed by atoms with E-state index in [1.54, 1.807) is 26.0 Å². The Kier molecular flexibility index (Phi) is 5.06. The van der Waals surface area contributed by atoms with Crippen molar-refractivity contribution >= 4 is 27.2 Å². The Labute approximate surface area is 120 Å². The molecule has 0 saturated carbocycles. The zero-order valence-electron chi connectivity index (χ0n) is 11.4. The summed E-state index contributed by atoms with van der Waals surface area (Å²) in [5.74, 6) is 0. The van der Waals surface area contributed by atoms with E-state index in [1.807, 2.05) is 12.1 Å². The van der Waals surface area contributed by atoms with Gasteiger partial charge in [-0.2, -0.15) is 4.72 Å². The molecule has 3 N–H and O–H groups in total. The van der Waals surface area contributed by atoms with E-state index < -0.39 is 15.6 Å². The quantitative estimate of drug-likeness (QED) is 0.788. The van der Waals surface area contributed by atoms with Crippen molar-refractivity contribution in [3.05, 3.63) is 29.8 Å². The standard InChI is InChI=1S/C13H20N2O2S2/c1-4-5-10-6-8-11(9-7-10)19(16,17)15-13(2,3)12(14)18/h6-9,15H,4-5H2,1-3H3,(H2,14,18). The minimum Gasteiger partial charge on any atom is -0.392 e. The van der Waals surface area contributed by atoms with Crippen molar-refractivity contribution in [1.29, 1.82) is 0 Å². The van der Waals surface area contributed by atoms with Crippen LogP contribution in [0, 0.1) is 0 Å². The van der Waals surface area contributed by atoms with Crippen molar-refractivity contribution in [2.24, 2.45) is 5.73 Å². The van der Waals surface area contributed by atoms with Crippen LogP contribution in [0.4, 0.5) is 0 Å². The summed E-state index contributed by atoms with van der Waals surface area (Å²) in [6, 6.07) is 6.85. The van der Waals surface area contributed by atoms with Crippen LogP contribution in [0.15, 0.2) is 29.2 Å². The van der Waals surface area contributed by atoms with Crippen LogP contribution in [-0.4, -0.2) is 18.9 Å². The SMILES string of the molecule is CCCc1ccc(S(=O)(=O)NC(C)(C)C(N)=S)cc1. The molecule has 0 fully saturated rings. The first-order valence-electron chi connectivity index (χ1n) is 6.12. The zero-order valence-corrected chi connectivity index (χ0v) is 13.1. The Hall–Kier alpha value is -0.980. The van der Waals surface area contributed by atoms with Gasteiger partial charge in [-0.1, -0.05) is 37.7 Å². The smallest absolute Gasteiger partial charge is 0.241 e. The number of hydrogen-bond donors (Lipinski definition) is 2. The normalized spacial score (nSPS) is 12.4. The molecule has 0 atom stereocenters. The van der Waals surface area contributed by atoms with Crippen LogP contribution in [0.5, 0.6) is 0 Å². The first-order valence-corrected chi connectivity index (χ1v) is 8.01. The van der Waals surface area contributed by atoms with Crippen LogP contribution in [0.25, 0.3) is 0 Å². The van der Waals surface area contributed by atoms with Crippen molar-refractivity contribution in [2.45, 2.75) is 44.0 Å². The van der Waals surface area contributed by atoms with E-state index >= 15 is 0 Å². The first-order chi connectivity index (χ1) is 8.69. The largest absolute Gasteiger partial charge is 0.392 e. The molecule has 1 rings (SSSR count). The number of hydrogen-bond acceptors (Lipinski definition) is 3. The molecule has 0 saturated heterocycles. The van der Waals surface area contributed by atoms with Crippen molar-refractivity contribution in [3.8, 4) is 0 Å². The molecule has 106 valence electrons. The molecule has 0 heterocycles. The van der Waals surface area contributed by atoms with Gasteiger partial charge in [0.2, 0.25) is 10.0 Å². The van der Waals surface area contributed by atoms with Crippen LogP contribution in [-0.2, 0) is 16.4 Å². The first kappa shape index (κ1) is 16.1. The predicted molar refractivity (Wildman–Crippen MR) is 81.6 cm³/mol. The summed E-state index contributed by atoms with van der Waals surface area (Å²) in [6.45, 7) is 5.35. The number of aryl methyl sites for hydroxylation is 1. The number of nitrogens with two attached hydrogens (primary N) is 1. The van der Waals surface area contributed by atoms with Gasteiger partial charge in [-0.25, -0.2) is 8.42 Å². The van der Waals surface area contributed by atoms with Gasteiger partial charge in [-0.3, -0.25) is 0 Å². The Morgan fingerprint density at radius 3 is 2.26 bits per heavy atom. The lowest BCUT2D eigenvalue weighted by molar-refractivity contribution is 0.546. The molecule has 1 aromatic carbocycles. The van der Waals surface area contributed by atoms with E-state index in [0.29, 0.717) is 0 Å². The van der Waals surface area contributed by atoms with Crippen LogP contribution >= 0.6 is 12.2 Å². The van der Waals surface area contributed by atoms with Crippen LogP contribution in [0.2, 0.25) is 0 Å². The van der Waals surface area contributed by atoms with Crippen molar-refractivity contribution in [2.75, 3.05) is 0 Å². The second-order valence-corrected chi connectivity index (χ2v) is 7.11. The fraction of sp³-hybridized carbons (Fsp3) is 0.462. The lowest BCUT2D eigenvalue weighted by Crippen LogP contribution is -2.51. The molecule has 0 aliphatic carbocycles. The fourth-order valence-electron chi connectivity index (χ4n) is 1.57. The third-order valence-electron chi connectivity index (χ3n) is 2.78. The minimum absolute atomic E-state index is 0.110. The second kappa shape index (κ2) is 5.98. The van der Waals surface area contributed by atoms with Gasteiger partial charge >= 0.3 is 0 Å². The molecule has 1 aromatic rings. The molecule has 0 unspecified atom stereocenters. The van der Waals surface area contributed by atoms with E-state index in [1.165, 1.54) is 0 Å². The molecule has 0 aliphatic heterocycles. The highest BCUT2D eigenvalue weighted by molar-refractivity contribution is 7.89. The molecule has 0 bridgehead atoms. The number of sulfonamides is 1. The summed E-state index contributed by atoms with van der Waals surface area (Å²) in [6.07, 6.45) is 1.96. The Morgan fingerprint density at radius 2 is 1.84 bits per heavy atom. The van der Waals surface area contributed by atoms with Gasteiger partial charge in [0.25, 0.3) is 0 Å². The minimum atomic E-state index is -3.61. The highest BCUT2D eigenvalue weighted by atomic mass is 32.2. The van der Waals surface area contributed by atoms with Gasteiger partial charge in [-0.05, 0) is 38.0 Å². The zero-order chi connectivity index (χ0) is 14.7. The molecule has 0 spiro atoms. The average Bonchev–Trinajstić information content (AvgIpc) is 2.28. The van der Waals surface area contributed by atoms with Crippen LogP contribution in [0.3, 0.4) is 0 Å². The van der Waals surface area contributed by atoms with Crippen molar-refractivity contribution in [1.82, 2.24) is 4.72 Å². The van der Waals surface area contributed by atoms with E-state index in [9.17, 15) is 8.42 Å². The maximum atomic E-state index is 12.2. The molecule has 0 aromatic heterocycles. The average molecular weight is 300 g/mol. The van der Waals surface area contributed by atoms with Crippen LogP contribution < -0.4 is 10.5 Å². The van der Waals surface area contributed by atoms with Crippen LogP contribution in [0.1, 0.15) is 32.8 Å². The molecule has 6 heteroatoms. The molecule has 0 aliphatic rings. The third-order valence-corrected chi connectivity index (χ3v) is 4.96. The molecule has 19 heavy (non-hydrogen) atoms. The lowest BCUT2D eigenvalue weighted by atomic mass is 10.1. The number of nitrogens with one attached hydrogen (secondary N) is 1. The molecular weight excluding hydrogens is 280 g/mol. The summed E-state index contributed by atoms with van der Waals surface area (Å²) in [5.41, 5.74) is 5.70. The maximum Gasteiger partial charge on any atom is 0.241 e. The summed E-state index contributed by atoms with van der Waals surface area (Å²) in [5, 5.41) is 0. The van der Waals surface area contributed by atoms with E-state index in [0.717, 1.165) is 18.4 Å². The Bertz CT molecular complexity index is 549. The third kappa shape index (κ3) is 4.26. The summed E-state index contributed by atoms with van der Waals surface area (Å²) in [4.78, 5) is 0.329. The topological polar surface area (TPSA) is 72.2 Å². The van der Waals surface area contributed by atoms with Gasteiger partial charge in [0.15, 0.2) is 0 Å². The molecular formula is C13H20N2O2S2. The molecule has 0 radical (unpaired) electrons. The van der Waals surface area contributed by atoms with E-state index in [-0.39, 0.29) is 9.88 Å². The predicted octanol–water partition coefficient (Wildman–Crippen LogP) is 1.98. The number of thiocarbonyl (C=S) groups is 1. The fourth-order valence-corrected chi connectivity index (χ4v) is 3.08. The van der Waals surface area contributed by atoms with Crippen molar-refractivity contribution < 1.29 is 8.42 Å². The number of benzene rings is 1. The number of rotatable bonds is 6. The Morgan fingerprint density at radius 1 is 1.32 bits per heavy atom. The summed E-state index contributed by atoms with van der Waals surface area (Å²) in [7, 11) is -3.61. The second-order valence-electron chi connectivity index (χ2n) is 4.99. The lowest BCUT2D eigenvalue weighted by Gasteiger charge is -2.24. The maximum absolute atomic E-state index is 12.2. The molecule has 0 amide bonds. The summed E-state index contributed by atoms with van der Waals surface area (Å²) >= 11 is 4.86. The monoisotopic (exact) mass is 300 g/mol. The van der Waals surface area contributed by atoms with Gasteiger partial charge < -0.3 is 5.73 Å². The Balaban J connectivity index is 2.98. The van der Waals surface area contributed by atoms with Gasteiger partial charge in [-0.15, -0.1) is 0 Å². The highest BCUT2D eigenvalue weighted by Crippen LogP contribution is 2.15. The summed E-state index contributed by atoms with van der Waals surface area (Å²) < 4.78 is 26.9. The van der Waals surface area contributed by atoms with Crippen molar-refractivity contribution in [3.63, 3.8) is 0 Å². The van der Waals surface area contributed by atoms with Gasteiger partial charge in [0, 0.05) is 0 Å². The molecule has 4 nitrogen and oxygen atoms in total.